The average molecular weight is 496 g/mol. The zero-order valence-electron chi connectivity index (χ0n) is 22.1. The molecule has 0 fully saturated rings. The maximum atomic E-state index is 10.9. The topological polar surface area (TPSA) is 62.6 Å². The second-order valence-electron chi connectivity index (χ2n) is 10.4. The Labute approximate surface area is 215 Å². The van der Waals surface area contributed by atoms with Gasteiger partial charge in [-0.3, -0.25) is 0 Å². The highest BCUT2D eigenvalue weighted by atomic mass is 32.1. The molecule has 0 radical (unpaired) electrons. The van der Waals surface area contributed by atoms with Crippen molar-refractivity contribution in [2.45, 2.75) is 91.3 Å². The fourth-order valence-corrected chi connectivity index (χ4v) is 5.31. The molecule has 1 aromatic heterocycles. The van der Waals surface area contributed by atoms with Gasteiger partial charge in [-0.15, -0.1) is 11.3 Å². The molecule has 35 heavy (non-hydrogen) atoms. The number of unbranched alkanes of at least 4 members (excludes halogenated alkanes) is 1. The summed E-state index contributed by atoms with van der Waals surface area (Å²) < 4.78 is 5.92. The minimum Gasteiger partial charge on any atom is -0.485 e. The van der Waals surface area contributed by atoms with E-state index in [1.165, 1.54) is 28.8 Å². The van der Waals surface area contributed by atoms with Gasteiger partial charge in [0.15, 0.2) is 0 Å². The molecule has 0 amide bonds. The van der Waals surface area contributed by atoms with E-state index in [0.717, 1.165) is 40.4 Å². The molecule has 1 atom stereocenters. The molecule has 0 saturated heterocycles. The van der Waals surface area contributed by atoms with Gasteiger partial charge in [0.2, 0.25) is 0 Å². The normalized spacial score (nSPS) is 12.8. The fourth-order valence-electron chi connectivity index (χ4n) is 4.07. The highest BCUT2D eigenvalue weighted by Crippen LogP contribution is 2.35. The molecule has 5 heteroatoms. The Morgan fingerprint density at radius 1 is 1.06 bits per heavy atom. The summed E-state index contributed by atoms with van der Waals surface area (Å²) in [5.74, 6) is 1.07. The fraction of sp³-hybridized carbons (Fsp3) is 0.500. The standard InChI is InChI=1S/C30H41NO3S/c1-7-8-9-22-10-12-23(13-11-22)29-31-28(20(2)3)27(35-29)17-15-25(33)24-14-16-26(21(4)18-24)34-30(5,6)19-32/h10-14,16,18,20,25,32-33H,7-9,15,17,19H2,1-6H3. The van der Waals surface area contributed by atoms with E-state index in [9.17, 15) is 10.2 Å². The second kappa shape index (κ2) is 12.2. The van der Waals surface area contributed by atoms with Crippen LogP contribution in [0.15, 0.2) is 42.5 Å². The summed E-state index contributed by atoms with van der Waals surface area (Å²) in [4.78, 5) is 6.25. The van der Waals surface area contributed by atoms with Crippen LogP contribution in [0.3, 0.4) is 0 Å². The van der Waals surface area contributed by atoms with E-state index >= 15 is 0 Å². The summed E-state index contributed by atoms with van der Waals surface area (Å²) in [6.45, 7) is 12.2. The number of rotatable bonds is 12. The predicted octanol–water partition coefficient (Wildman–Crippen LogP) is 7.40. The van der Waals surface area contributed by atoms with Crippen LogP contribution >= 0.6 is 11.3 Å². The highest BCUT2D eigenvalue weighted by molar-refractivity contribution is 7.15. The maximum Gasteiger partial charge on any atom is 0.126 e. The average Bonchev–Trinajstić information content (AvgIpc) is 3.27. The van der Waals surface area contributed by atoms with Crippen LogP contribution in [0.5, 0.6) is 5.75 Å². The van der Waals surface area contributed by atoms with E-state index < -0.39 is 11.7 Å². The molecule has 0 saturated carbocycles. The smallest absolute Gasteiger partial charge is 0.126 e. The lowest BCUT2D eigenvalue weighted by molar-refractivity contribution is 0.0406. The Kier molecular flexibility index (Phi) is 9.51. The van der Waals surface area contributed by atoms with Crippen LogP contribution < -0.4 is 4.74 Å². The molecule has 0 spiro atoms. The van der Waals surface area contributed by atoms with Crippen molar-refractivity contribution >= 4 is 11.3 Å². The number of aliphatic hydroxyl groups excluding tert-OH is 2. The summed E-state index contributed by atoms with van der Waals surface area (Å²) in [6, 6.07) is 14.6. The third-order valence-electron chi connectivity index (χ3n) is 6.29. The Morgan fingerprint density at radius 3 is 2.37 bits per heavy atom. The van der Waals surface area contributed by atoms with E-state index in [4.69, 9.17) is 9.72 Å². The molecule has 2 N–H and O–H groups in total. The van der Waals surface area contributed by atoms with Crippen molar-refractivity contribution in [1.82, 2.24) is 4.98 Å². The number of aromatic nitrogens is 1. The molecule has 0 bridgehead atoms. The van der Waals surface area contributed by atoms with Gasteiger partial charge in [-0.25, -0.2) is 4.98 Å². The van der Waals surface area contributed by atoms with Crippen molar-refractivity contribution in [3.8, 4) is 16.3 Å². The molecular weight excluding hydrogens is 454 g/mol. The molecule has 3 aromatic rings. The number of thiazole rings is 1. The first-order chi connectivity index (χ1) is 16.6. The summed E-state index contributed by atoms with van der Waals surface area (Å²) in [6.07, 6.45) is 4.42. The molecule has 3 rings (SSSR count). The van der Waals surface area contributed by atoms with E-state index in [2.05, 4.69) is 45.0 Å². The van der Waals surface area contributed by atoms with Gasteiger partial charge in [-0.1, -0.05) is 57.5 Å². The lowest BCUT2D eigenvalue weighted by Crippen LogP contribution is -2.32. The van der Waals surface area contributed by atoms with Crippen LogP contribution in [-0.4, -0.2) is 27.4 Å². The number of ether oxygens (including phenoxy) is 1. The van der Waals surface area contributed by atoms with Gasteiger partial charge in [0.25, 0.3) is 0 Å². The van der Waals surface area contributed by atoms with E-state index in [0.29, 0.717) is 12.3 Å². The quantitative estimate of drug-likeness (QED) is 0.275. The predicted molar refractivity (Wildman–Crippen MR) is 147 cm³/mol. The second-order valence-corrected chi connectivity index (χ2v) is 11.5. The van der Waals surface area contributed by atoms with Crippen LogP contribution in [0.4, 0.5) is 0 Å². The van der Waals surface area contributed by atoms with Gasteiger partial charge in [-0.05, 0) is 81.2 Å². The first kappa shape index (κ1) is 27.4. The van der Waals surface area contributed by atoms with E-state index in [1.807, 2.05) is 39.0 Å². The van der Waals surface area contributed by atoms with Crippen molar-refractivity contribution in [3.63, 3.8) is 0 Å². The zero-order chi connectivity index (χ0) is 25.6. The Hall–Kier alpha value is -2.21. The molecule has 1 heterocycles. The lowest BCUT2D eigenvalue weighted by Gasteiger charge is -2.25. The van der Waals surface area contributed by atoms with Gasteiger partial charge in [0.1, 0.15) is 16.4 Å². The third kappa shape index (κ3) is 7.39. The first-order valence-corrected chi connectivity index (χ1v) is 13.6. The minimum atomic E-state index is -0.641. The van der Waals surface area contributed by atoms with Crippen LogP contribution in [0.25, 0.3) is 10.6 Å². The third-order valence-corrected chi connectivity index (χ3v) is 7.47. The molecule has 190 valence electrons. The van der Waals surface area contributed by atoms with E-state index in [1.54, 1.807) is 11.3 Å². The number of nitrogens with zero attached hydrogens (tertiary/aromatic N) is 1. The minimum absolute atomic E-state index is 0.0607. The van der Waals surface area contributed by atoms with Gasteiger partial charge in [-0.2, -0.15) is 0 Å². The molecule has 1 unspecified atom stereocenters. The van der Waals surface area contributed by atoms with Crippen molar-refractivity contribution in [1.29, 1.82) is 0 Å². The largest absolute Gasteiger partial charge is 0.485 e. The first-order valence-electron chi connectivity index (χ1n) is 12.8. The number of hydrogen-bond donors (Lipinski definition) is 2. The van der Waals surface area contributed by atoms with Gasteiger partial charge in [0, 0.05) is 10.4 Å². The molecule has 0 aliphatic rings. The summed E-state index contributed by atoms with van der Waals surface area (Å²) in [5.41, 5.74) is 4.88. The maximum absolute atomic E-state index is 10.9. The van der Waals surface area contributed by atoms with Crippen molar-refractivity contribution in [2.75, 3.05) is 6.61 Å². The van der Waals surface area contributed by atoms with Crippen molar-refractivity contribution < 1.29 is 14.9 Å². The Balaban J connectivity index is 1.71. The number of hydrogen-bond acceptors (Lipinski definition) is 5. The van der Waals surface area contributed by atoms with Gasteiger partial charge >= 0.3 is 0 Å². The van der Waals surface area contributed by atoms with Crippen molar-refractivity contribution in [3.05, 3.63) is 69.7 Å². The SMILES string of the molecule is CCCCc1ccc(-c2nc(C(C)C)c(CCC(O)c3ccc(OC(C)(C)CO)c(C)c3)s2)cc1. The van der Waals surface area contributed by atoms with Crippen molar-refractivity contribution in [2.24, 2.45) is 0 Å². The molecule has 4 nitrogen and oxygen atoms in total. The van der Waals surface area contributed by atoms with Crippen LogP contribution in [0.2, 0.25) is 0 Å². The number of aryl methyl sites for hydroxylation is 3. The van der Waals surface area contributed by atoms with Gasteiger partial charge < -0.3 is 14.9 Å². The zero-order valence-corrected chi connectivity index (χ0v) is 22.9. The molecular formula is C30H41NO3S. The van der Waals surface area contributed by atoms with Crippen LogP contribution in [0, 0.1) is 6.92 Å². The summed E-state index contributed by atoms with van der Waals surface area (Å²) >= 11 is 1.75. The Bertz CT molecular complexity index is 1090. The molecule has 0 aliphatic carbocycles. The highest BCUT2D eigenvalue weighted by Gasteiger charge is 2.21. The van der Waals surface area contributed by atoms with Crippen LogP contribution in [-0.2, 0) is 12.8 Å². The summed E-state index contributed by atoms with van der Waals surface area (Å²) in [5, 5.41) is 21.5. The monoisotopic (exact) mass is 495 g/mol. The molecule has 0 aliphatic heterocycles. The summed E-state index contributed by atoms with van der Waals surface area (Å²) in [7, 11) is 0. The van der Waals surface area contributed by atoms with E-state index in [-0.39, 0.29) is 6.61 Å². The lowest BCUT2D eigenvalue weighted by atomic mass is 10.00. The number of benzene rings is 2. The van der Waals surface area contributed by atoms with Gasteiger partial charge in [0.05, 0.1) is 18.4 Å². The number of aliphatic hydroxyl groups is 2. The molecule has 2 aromatic carbocycles. The van der Waals surface area contributed by atoms with Crippen LogP contribution in [0.1, 0.15) is 93.2 Å². The Morgan fingerprint density at radius 2 is 1.77 bits per heavy atom.